The van der Waals surface area contributed by atoms with Crippen molar-refractivity contribution in [2.75, 3.05) is 14.2 Å². The Morgan fingerprint density at radius 3 is 2.62 bits per heavy atom. The van der Waals surface area contributed by atoms with Gasteiger partial charge in [-0.1, -0.05) is 42.7 Å². The maximum atomic E-state index is 13.3. The lowest BCUT2D eigenvalue weighted by Gasteiger charge is -2.30. The van der Waals surface area contributed by atoms with Gasteiger partial charge in [0.05, 0.1) is 20.3 Å². The summed E-state index contributed by atoms with van der Waals surface area (Å²) in [6.07, 6.45) is 7.80. The second-order valence-corrected chi connectivity index (χ2v) is 8.81. The Kier molecular flexibility index (Phi) is 9.64. The number of aliphatic hydroxyl groups excluding tert-OH is 2. The predicted molar refractivity (Wildman–Crippen MR) is 127 cm³/mol. The second kappa shape index (κ2) is 12.7. The number of nitrogens with one attached hydrogen (secondary N) is 3. The summed E-state index contributed by atoms with van der Waals surface area (Å²) in [6, 6.07) is 5.18. The molecule has 1 fully saturated rings. The van der Waals surface area contributed by atoms with Gasteiger partial charge in [-0.05, 0) is 49.8 Å². The Morgan fingerprint density at radius 1 is 1.18 bits per heavy atom. The third kappa shape index (κ3) is 7.66. The normalized spacial score (nSPS) is 18.9. The van der Waals surface area contributed by atoms with E-state index in [1.807, 2.05) is 12.2 Å². The number of amides is 2. The number of rotatable bonds is 13. The number of allylic oxidation sites excluding steroid dienone is 3. The van der Waals surface area contributed by atoms with Crippen molar-refractivity contribution in [3.63, 3.8) is 0 Å². The molecule has 0 aliphatic heterocycles. The molecule has 0 radical (unpaired) electrons. The van der Waals surface area contributed by atoms with Crippen LogP contribution in [0, 0.1) is 5.92 Å². The van der Waals surface area contributed by atoms with E-state index in [4.69, 9.17) is 9.57 Å². The van der Waals surface area contributed by atoms with E-state index < -0.39 is 30.3 Å². The van der Waals surface area contributed by atoms with Crippen molar-refractivity contribution in [2.24, 2.45) is 5.92 Å². The maximum Gasteiger partial charge on any atom is 0.252 e. The maximum absolute atomic E-state index is 13.3. The van der Waals surface area contributed by atoms with E-state index in [2.05, 4.69) is 22.2 Å². The first-order valence-corrected chi connectivity index (χ1v) is 11.7. The molecule has 4 atom stereocenters. The molecule has 4 unspecified atom stereocenters. The standard InChI is InChI=1S/C25H35N3O6/c1-33-19-10-6-9-18(15-19)23(30)27-21(14-17-11-12-17)24(31)26-20(22(29)25(32)28-34-2)13-16-7-4-3-5-8-16/h3-4,6-7,9-10,15,17,20-22,25,28-29,32H,5,8,11-14H2,1-2H3,(H,26,31)(H,27,30). The van der Waals surface area contributed by atoms with Crippen molar-refractivity contribution in [2.45, 2.75) is 62.9 Å². The van der Waals surface area contributed by atoms with Gasteiger partial charge in [-0.2, -0.15) is 5.48 Å². The van der Waals surface area contributed by atoms with Crippen molar-refractivity contribution >= 4 is 11.8 Å². The first-order valence-electron chi connectivity index (χ1n) is 11.7. The molecule has 5 N–H and O–H groups in total. The molecule has 2 amide bonds. The summed E-state index contributed by atoms with van der Waals surface area (Å²) >= 11 is 0. The molecule has 0 aromatic heterocycles. The number of hydrogen-bond donors (Lipinski definition) is 5. The minimum atomic E-state index is -1.40. The third-order valence-corrected chi connectivity index (χ3v) is 6.10. The predicted octanol–water partition coefficient (Wildman–Crippen LogP) is 1.58. The van der Waals surface area contributed by atoms with Gasteiger partial charge in [-0.25, -0.2) is 0 Å². The molecule has 2 aliphatic carbocycles. The van der Waals surface area contributed by atoms with Crippen LogP contribution < -0.4 is 20.9 Å². The van der Waals surface area contributed by atoms with E-state index in [0.29, 0.717) is 30.1 Å². The Hall–Kier alpha value is -2.72. The first kappa shape index (κ1) is 25.9. The molecule has 1 aromatic rings. The molecule has 9 nitrogen and oxygen atoms in total. The van der Waals surface area contributed by atoms with E-state index in [9.17, 15) is 19.8 Å². The molecular formula is C25H35N3O6. The highest BCUT2D eigenvalue weighted by atomic mass is 16.7. The van der Waals surface area contributed by atoms with Gasteiger partial charge in [-0.3, -0.25) is 9.59 Å². The fourth-order valence-electron chi connectivity index (χ4n) is 3.98. The quantitative estimate of drug-likeness (QED) is 0.217. The summed E-state index contributed by atoms with van der Waals surface area (Å²) in [4.78, 5) is 30.9. The van der Waals surface area contributed by atoms with E-state index in [1.54, 1.807) is 24.3 Å². The highest BCUT2D eigenvalue weighted by Gasteiger charge is 2.34. The summed E-state index contributed by atoms with van der Waals surface area (Å²) in [5.74, 6) is 0.145. The zero-order chi connectivity index (χ0) is 24.5. The van der Waals surface area contributed by atoms with Crippen LogP contribution in [-0.4, -0.2) is 60.7 Å². The van der Waals surface area contributed by atoms with Crippen LogP contribution in [0.4, 0.5) is 0 Å². The molecule has 34 heavy (non-hydrogen) atoms. The number of aliphatic hydroxyl groups is 2. The van der Waals surface area contributed by atoms with Crippen LogP contribution in [0.2, 0.25) is 0 Å². The summed E-state index contributed by atoms with van der Waals surface area (Å²) in [5, 5.41) is 26.7. The molecule has 186 valence electrons. The van der Waals surface area contributed by atoms with Crippen molar-refractivity contribution in [1.82, 2.24) is 16.1 Å². The van der Waals surface area contributed by atoms with E-state index in [-0.39, 0.29) is 5.91 Å². The number of hydrogen-bond acceptors (Lipinski definition) is 7. The molecule has 1 aromatic carbocycles. The number of methoxy groups -OCH3 is 1. The van der Waals surface area contributed by atoms with Gasteiger partial charge in [0.2, 0.25) is 5.91 Å². The zero-order valence-corrected chi connectivity index (χ0v) is 19.7. The van der Waals surface area contributed by atoms with Crippen molar-refractivity contribution in [3.8, 4) is 5.75 Å². The largest absolute Gasteiger partial charge is 0.497 e. The van der Waals surface area contributed by atoms with Gasteiger partial charge in [0, 0.05) is 5.56 Å². The van der Waals surface area contributed by atoms with Crippen LogP contribution >= 0.6 is 0 Å². The molecule has 0 spiro atoms. The van der Waals surface area contributed by atoms with Crippen molar-refractivity contribution in [1.29, 1.82) is 0 Å². The molecule has 2 aliphatic rings. The van der Waals surface area contributed by atoms with Gasteiger partial charge in [-0.15, -0.1) is 0 Å². The lowest BCUT2D eigenvalue weighted by molar-refractivity contribution is -0.128. The third-order valence-electron chi connectivity index (χ3n) is 6.10. The molecule has 3 rings (SSSR count). The number of benzene rings is 1. The van der Waals surface area contributed by atoms with Gasteiger partial charge in [0.1, 0.15) is 17.9 Å². The summed E-state index contributed by atoms with van der Waals surface area (Å²) in [6.45, 7) is 0. The highest BCUT2D eigenvalue weighted by molar-refractivity contribution is 5.97. The Bertz CT molecular complexity index is 898. The van der Waals surface area contributed by atoms with Gasteiger partial charge in [0.25, 0.3) is 5.91 Å². The van der Waals surface area contributed by atoms with Crippen LogP contribution in [0.15, 0.2) is 48.1 Å². The van der Waals surface area contributed by atoms with Crippen LogP contribution in [-0.2, 0) is 9.63 Å². The Labute approximate surface area is 200 Å². The molecule has 0 heterocycles. The van der Waals surface area contributed by atoms with Crippen molar-refractivity contribution < 1.29 is 29.4 Å². The Morgan fingerprint density at radius 2 is 1.97 bits per heavy atom. The van der Waals surface area contributed by atoms with Crippen LogP contribution in [0.5, 0.6) is 5.75 Å². The van der Waals surface area contributed by atoms with E-state index in [1.165, 1.54) is 14.2 Å². The number of hydroxylamine groups is 1. The lowest BCUT2D eigenvalue weighted by atomic mass is 9.94. The molecule has 9 heteroatoms. The molecule has 0 bridgehead atoms. The Balaban J connectivity index is 1.73. The highest BCUT2D eigenvalue weighted by Crippen LogP contribution is 2.33. The monoisotopic (exact) mass is 473 g/mol. The average Bonchev–Trinajstić information content (AvgIpc) is 3.67. The molecule has 0 saturated heterocycles. The van der Waals surface area contributed by atoms with Crippen LogP contribution in [0.3, 0.4) is 0 Å². The van der Waals surface area contributed by atoms with Gasteiger partial charge in [0.15, 0.2) is 6.23 Å². The van der Waals surface area contributed by atoms with E-state index in [0.717, 1.165) is 31.3 Å². The minimum Gasteiger partial charge on any atom is -0.497 e. The van der Waals surface area contributed by atoms with Crippen LogP contribution in [0.1, 0.15) is 48.9 Å². The van der Waals surface area contributed by atoms with Crippen LogP contribution in [0.25, 0.3) is 0 Å². The fraction of sp³-hybridized carbons (Fsp3) is 0.520. The first-order chi connectivity index (χ1) is 16.4. The van der Waals surface area contributed by atoms with E-state index >= 15 is 0 Å². The summed E-state index contributed by atoms with van der Waals surface area (Å²) in [5.41, 5.74) is 3.75. The minimum absolute atomic E-state index is 0.361. The topological polar surface area (TPSA) is 129 Å². The van der Waals surface area contributed by atoms with Crippen molar-refractivity contribution in [3.05, 3.63) is 53.6 Å². The second-order valence-electron chi connectivity index (χ2n) is 8.81. The van der Waals surface area contributed by atoms with Gasteiger partial charge < -0.3 is 30.4 Å². The summed E-state index contributed by atoms with van der Waals surface area (Å²) in [7, 11) is 2.86. The van der Waals surface area contributed by atoms with Gasteiger partial charge >= 0.3 is 0 Å². The summed E-state index contributed by atoms with van der Waals surface area (Å²) < 4.78 is 5.19. The smallest absolute Gasteiger partial charge is 0.252 e. The average molecular weight is 474 g/mol. The lowest BCUT2D eigenvalue weighted by Crippen LogP contribution is -2.57. The molecule has 1 saturated carbocycles. The zero-order valence-electron chi connectivity index (χ0n) is 19.7. The number of carbonyl (C=O) groups is 2. The fourth-order valence-corrected chi connectivity index (χ4v) is 3.98. The number of carbonyl (C=O) groups excluding carboxylic acids is 2. The SMILES string of the molecule is CONC(O)C(O)C(CC1=CC=CCC1)NC(=O)C(CC1CC1)NC(=O)c1cccc(OC)c1. The molecular weight excluding hydrogens is 438 g/mol. The number of ether oxygens (including phenoxy) is 1.